The number of alkyl halides is 5. The lowest BCUT2D eigenvalue weighted by Crippen LogP contribution is -2.55. The van der Waals surface area contributed by atoms with Gasteiger partial charge in [0.1, 0.15) is 5.70 Å². The Hall–Kier alpha value is -3.44. The number of carbonyl (C=O) groups excluding carboxylic acids is 2. The summed E-state index contributed by atoms with van der Waals surface area (Å²) in [6.45, 7) is -0.642. The second-order valence-electron chi connectivity index (χ2n) is 7.84. The number of piperidine rings is 1. The van der Waals surface area contributed by atoms with Gasteiger partial charge in [0.15, 0.2) is 12.2 Å². The van der Waals surface area contributed by atoms with Crippen molar-refractivity contribution in [2.75, 3.05) is 13.1 Å². The highest BCUT2D eigenvalue weighted by atomic mass is 19.4. The van der Waals surface area contributed by atoms with E-state index in [4.69, 9.17) is 0 Å². The standard InChI is InChI=1S/C21H20F5N5O2/c22-20(23)8-5-10-30(12-20)19(33)17-28-15(14-7-2-4-11-31(14)17)18(32)29-16(21(24,25)26)13-6-1-3-9-27-13/h1-4,6-7,9,11,16-17,28H,5,8,10,12H2,(H,29,32). The number of fused-ring (bicyclic) bond motifs is 1. The van der Waals surface area contributed by atoms with Crippen LogP contribution in [0.3, 0.4) is 0 Å². The smallest absolute Gasteiger partial charge is 0.351 e. The monoisotopic (exact) mass is 469 g/mol. The highest BCUT2D eigenvalue weighted by molar-refractivity contribution is 5.97. The van der Waals surface area contributed by atoms with Crippen LogP contribution >= 0.6 is 0 Å². The zero-order valence-corrected chi connectivity index (χ0v) is 17.1. The second kappa shape index (κ2) is 8.49. The quantitative estimate of drug-likeness (QED) is 0.663. The van der Waals surface area contributed by atoms with Gasteiger partial charge in [0, 0.05) is 25.4 Å². The lowest BCUT2D eigenvalue weighted by molar-refractivity contribution is -0.163. The Kier molecular flexibility index (Phi) is 5.85. The van der Waals surface area contributed by atoms with Crippen LogP contribution in [0.4, 0.5) is 22.0 Å². The minimum absolute atomic E-state index is 0.117. The summed E-state index contributed by atoms with van der Waals surface area (Å²) in [5.41, 5.74) is -0.525. The molecular formula is C21H20F5N5O2. The fraction of sp³-hybridized carbons (Fsp3) is 0.381. The molecule has 0 spiro atoms. The molecule has 1 aromatic rings. The molecule has 3 aliphatic heterocycles. The van der Waals surface area contributed by atoms with Crippen LogP contribution in [0, 0.1) is 0 Å². The van der Waals surface area contributed by atoms with Crippen LogP contribution in [0.2, 0.25) is 0 Å². The van der Waals surface area contributed by atoms with Crippen molar-refractivity contribution in [3.05, 3.63) is 65.9 Å². The molecule has 0 bridgehead atoms. The number of carbonyl (C=O) groups is 2. The predicted octanol–water partition coefficient (Wildman–Crippen LogP) is 2.59. The van der Waals surface area contributed by atoms with Crippen molar-refractivity contribution in [3.8, 4) is 0 Å². The summed E-state index contributed by atoms with van der Waals surface area (Å²) in [5.74, 6) is -4.84. The summed E-state index contributed by atoms with van der Waals surface area (Å²) in [4.78, 5) is 31.9. The molecule has 0 saturated carbocycles. The van der Waals surface area contributed by atoms with Crippen LogP contribution in [0.5, 0.6) is 0 Å². The van der Waals surface area contributed by atoms with E-state index in [0.29, 0.717) is 0 Å². The van der Waals surface area contributed by atoms with Gasteiger partial charge in [-0.25, -0.2) is 8.78 Å². The van der Waals surface area contributed by atoms with Crippen molar-refractivity contribution < 1.29 is 31.5 Å². The highest BCUT2D eigenvalue weighted by Crippen LogP contribution is 2.33. The normalized spacial score (nSPS) is 22.6. The summed E-state index contributed by atoms with van der Waals surface area (Å²) >= 11 is 0. The predicted molar refractivity (Wildman–Crippen MR) is 106 cm³/mol. The zero-order chi connectivity index (χ0) is 23.8. The van der Waals surface area contributed by atoms with Gasteiger partial charge in [-0.3, -0.25) is 14.6 Å². The van der Waals surface area contributed by atoms with Crippen LogP contribution in [-0.4, -0.2) is 58.0 Å². The van der Waals surface area contributed by atoms with E-state index in [1.165, 1.54) is 35.5 Å². The fourth-order valence-corrected chi connectivity index (χ4v) is 3.94. The van der Waals surface area contributed by atoms with Crippen molar-refractivity contribution in [2.24, 2.45) is 0 Å². The molecule has 33 heavy (non-hydrogen) atoms. The zero-order valence-electron chi connectivity index (χ0n) is 17.1. The lowest BCUT2D eigenvalue weighted by atomic mass is 10.1. The number of hydrogen-bond acceptors (Lipinski definition) is 5. The van der Waals surface area contributed by atoms with Crippen LogP contribution in [0.15, 0.2) is 60.2 Å². The first kappa shape index (κ1) is 22.7. The van der Waals surface area contributed by atoms with E-state index in [1.54, 1.807) is 12.2 Å². The Morgan fingerprint density at radius 2 is 2.03 bits per heavy atom. The summed E-state index contributed by atoms with van der Waals surface area (Å²) in [6, 6.07) is 1.56. The van der Waals surface area contributed by atoms with E-state index in [1.807, 2.05) is 5.32 Å². The minimum Gasteiger partial charge on any atom is -0.351 e. The molecule has 1 aromatic heterocycles. The third-order valence-corrected chi connectivity index (χ3v) is 5.46. The van der Waals surface area contributed by atoms with Crippen LogP contribution < -0.4 is 10.6 Å². The summed E-state index contributed by atoms with van der Waals surface area (Å²) in [7, 11) is 0. The maximum Gasteiger partial charge on any atom is 0.414 e. The largest absolute Gasteiger partial charge is 0.414 e. The van der Waals surface area contributed by atoms with Crippen molar-refractivity contribution in [2.45, 2.75) is 37.1 Å². The summed E-state index contributed by atoms with van der Waals surface area (Å²) in [5, 5.41) is 4.56. The number of hydrogen-bond donors (Lipinski definition) is 2. The number of aromatic nitrogens is 1. The van der Waals surface area contributed by atoms with Crippen LogP contribution in [0.1, 0.15) is 24.6 Å². The Morgan fingerprint density at radius 1 is 1.24 bits per heavy atom. The topological polar surface area (TPSA) is 77.6 Å². The fourth-order valence-electron chi connectivity index (χ4n) is 3.94. The molecule has 3 aliphatic rings. The molecule has 7 nitrogen and oxygen atoms in total. The number of rotatable bonds is 4. The van der Waals surface area contributed by atoms with Crippen LogP contribution in [-0.2, 0) is 9.59 Å². The molecule has 4 heterocycles. The molecule has 176 valence electrons. The van der Waals surface area contributed by atoms with E-state index in [9.17, 15) is 31.5 Å². The molecule has 0 radical (unpaired) electrons. The molecule has 0 aromatic carbocycles. The number of nitrogens with one attached hydrogen (secondary N) is 2. The molecule has 1 fully saturated rings. The third-order valence-electron chi connectivity index (χ3n) is 5.46. The van der Waals surface area contributed by atoms with Crippen molar-refractivity contribution >= 4 is 11.8 Å². The third kappa shape index (κ3) is 4.69. The molecule has 12 heteroatoms. The molecule has 2 unspecified atom stereocenters. The number of allylic oxidation sites excluding steroid dienone is 3. The second-order valence-corrected chi connectivity index (χ2v) is 7.84. The van der Waals surface area contributed by atoms with E-state index in [0.717, 1.165) is 11.0 Å². The molecule has 0 aliphatic carbocycles. The number of pyridine rings is 1. The van der Waals surface area contributed by atoms with Gasteiger partial charge >= 0.3 is 6.18 Å². The van der Waals surface area contributed by atoms with Gasteiger partial charge in [-0.05, 0) is 30.7 Å². The van der Waals surface area contributed by atoms with Crippen molar-refractivity contribution in [1.29, 1.82) is 0 Å². The number of halogens is 5. The Bertz CT molecular complexity index is 1020. The van der Waals surface area contributed by atoms with Gasteiger partial charge in [-0.15, -0.1) is 0 Å². The lowest BCUT2D eigenvalue weighted by Gasteiger charge is -2.36. The Labute approximate surface area is 185 Å². The average Bonchev–Trinajstić information content (AvgIpc) is 3.16. The minimum atomic E-state index is -4.83. The maximum atomic E-state index is 13.8. The molecule has 1 saturated heterocycles. The van der Waals surface area contributed by atoms with Crippen molar-refractivity contribution in [1.82, 2.24) is 25.4 Å². The maximum absolute atomic E-state index is 13.8. The number of amides is 2. The van der Waals surface area contributed by atoms with E-state index < -0.39 is 48.4 Å². The molecule has 2 amide bonds. The van der Waals surface area contributed by atoms with Gasteiger partial charge < -0.3 is 20.4 Å². The first-order valence-corrected chi connectivity index (χ1v) is 10.2. The first-order chi connectivity index (χ1) is 15.6. The Morgan fingerprint density at radius 3 is 2.70 bits per heavy atom. The van der Waals surface area contributed by atoms with Gasteiger partial charge in [0.05, 0.1) is 17.9 Å². The molecule has 2 N–H and O–H groups in total. The summed E-state index contributed by atoms with van der Waals surface area (Å²) < 4.78 is 68.6. The van der Waals surface area contributed by atoms with Crippen LogP contribution in [0.25, 0.3) is 0 Å². The van der Waals surface area contributed by atoms with Gasteiger partial charge in [-0.2, -0.15) is 13.2 Å². The molecule has 2 atom stereocenters. The van der Waals surface area contributed by atoms with Crippen molar-refractivity contribution in [3.63, 3.8) is 0 Å². The van der Waals surface area contributed by atoms with E-state index in [2.05, 4.69) is 10.3 Å². The molecule has 4 rings (SSSR count). The highest BCUT2D eigenvalue weighted by Gasteiger charge is 2.46. The molecular weight excluding hydrogens is 449 g/mol. The first-order valence-electron chi connectivity index (χ1n) is 10.2. The van der Waals surface area contributed by atoms with Gasteiger partial charge in [-0.1, -0.05) is 12.1 Å². The Balaban J connectivity index is 1.57. The van der Waals surface area contributed by atoms with Gasteiger partial charge in [0.2, 0.25) is 0 Å². The summed E-state index contributed by atoms with van der Waals surface area (Å²) in [6.07, 6.45) is 0.898. The van der Waals surface area contributed by atoms with E-state index in [-0.39, 0.29) is 30.8 Å². The average molecular weight is 469 g/mol. The van der Waals surface area contributed by atoms with E-state index >= 15 is 0 Å². The van der Waals surface area contributed by atoms with Gasteiger partial charge in [0.25, 0.3) is 17.7 Å². The number of likely N-dealkylation sites (tertiary alicyclic amines) is 1. The SMILES string of the molecule is O=C(NC(c1ccccn1)C(F)(F)F)C1=C2C=CC=CN2C(C(=O)N2CCCC(F)(F)C2)N1. The number of nitrogens with zero attached hydrogens (tertiary/aromatic N) is 3.